The van der Waals surface area contributed by atoms with Crippen molar-refractivity contribution in [3.05, 3.63) is 279 Å². The molecule has 0 saturated heterocycles. The Labute approximate surface area is 463 Å². The third kappa shape index (κ3) is 10.8. The van der Waals surface area contributed by atoms with E-state index in [4.69, 9.17) is 9.97 Å². The van der Waals surface area contributed by atoms with Gasteiger partial charge in [-0.15, -0.1) is 54.6 Å². The third-order valence-electron chi connectivity index (χ3n) is 12.5. The fourth-order valence-corrected chi connectivity index (χ4v) is 9.51. The predicted octanol–water partition coefficient (Wildman–Crippen LogP) is 18.0. The van der Waals surface area contributed by atoms with Crippen LogP contribution in [0.15, 0.2) is 279 Å². The molecule has 0 bridgehead atoms. The predicted molar refractivity (Wildman–Crippen MR) is 291 cm³/mol. The molecule has 0 aliphatic rings. The summed E-state index contributed by atoms with van der Waals surface area (Å²) in [6, 6.07) is 97.0. The molecule has 15 aromatic rings. The number of benzene rings is 5. The average molecular weight is 1090 g/mol. The second-order valence-electron chi connectivity index (χ2n) is 16.7. The SMILES string of the molecule is [Fe+2].[Fe+2].[Fe+2].[Fe+2].c1cc[cH-]c1.c1cc[cH-]c1.c1cc[cH-]c1.c1cc[cH-]c1.c1ccc2c(c1)cc1c3c(-[c-]4cccc4)nc(-[c-]4cccc4)c4cccc(c43)c3c4cc(-[c-]5cccc5)nc(-[c-]5cccc5)c4cc2c13. The van der Waals surface area contributed by atoms with Crippen LogP contribution in [0.5, 0.6) is 0 Å². The second-order valence-corrected chi connectivity index (χ2v) is 16.7. The Morgan fingerprint density at radius 1 is 0.264 bits per heavy atom. The largest absolute Gasteiger partial charge is 2.00 e. The molecule has 0 unspecified atom stereocenters. The van der Waals surface area contributed by atoms with Crippen molar-refractivity contribution in [2.24, 2.45) is 0 Å². The van der Waals surface area contributed by atoms with E-state index >= 15 is 0 Å². The van der Waals surface area contributed by atoms with Gasteiger partial charge in [-0.1, -0.05) is 104 Å². The molecule has 0 radical (unpaired) electrons. The van der Waals surface area contributed by atoms with E-state index in [1.165, 1.54) is 64.6 Å². The molecule has 0 aliphatic heterocycles. The maximum absolute atomic E-state index is 5.52. The van der Waals surface area contributed by atoms with Crippen LogP contribution in [0.4, 0.5) is 0 Å². The number of aromatic nitrogens is 2. The number of rotatable bonds is 4. The van der Waals surface area contributed by atoms with Gasteiger partial charge in [-0.25, -0.2) is 48.5 Å². The molecule has 0 saturated carbocycles. The molecule has 2 nitrogen and oxygen atoms in total. The van der Waals surface area contributed by atoms with Gasteiger partial charge in [0.2, 0.25) is 0 Å². The summed E-state index contributed by atoms with van der Waals surface area (Å²) in [6.07, 6.45) is 0. The first kappa shape index (κ1) is 52.9. The fourth-order valence-electron chi connectivity index (χ4n) is 9.51. The molecule has 72 heavy (non-hydrogen) atoms. The molecule has 0 fully saturated rings. The monoisotopic (exact) mass is 1090 g/mol. The molecule has 0 spiro atoms. The maximum Gasteiger partial charge on any atom is 2.00 e. The van der Waals surface area contributed by atoms with E-state index in [0.29, 0.717) is 0 Å². The minimum absolute atomic E-state index is 0. The van der Waals surface area contributed by atoms with Crippen molar-refractivity contribution in [1.29, 1.82) is 0 Å². The van der Waals surface area contributed by atoms with Crippen LogP contribution in [0.2, 0.25) is 0 Å². The van der Waals surface area contributed by atoms with Gasteiger partial charge in [0.1, 0.15) is 0 Å². The van der Waals surface area contributed by atoms with Gasteiger partial charge >= 0.3 is 68.3 Å². The van der Waals surface area contributed by atoms with Crippen molar-refractivity contribution >= 4 is 64.6 Å². The van der Waals surface area contributed by atoms with Crippen molar-refractivity contribution in [2.75, 3.05) is 0 Å². The number of nitrogens with zero attached hydrogens (tertiary/aromatic N) is 2. The second kappa shape index (κ2) is 25.0. The van der Waals surface area contributed by atoms with Gasteiger partial charge in [0.05, 0.1) is 0 Å². The van der Waals surface area contributed by atoms with Crippen molar-refractivity contribution in [1.82, 2.24) is 9.97 Å². The van der Waals surface area contributed by atoms with E-state index in [2.05, 4.69) is 158 Å². The molecule has 2 heterocycles. The Balaban J connectivity index is 0.000000265. The van der Waals surface area contributed by atoms with Crippen LogP contribution in [0.3, 0.4) is 0 Å². The Morgan fingerprint density at radius 3 is 1.14 bits per heavy atom. The van der Waals surface area contributed by atoms with Crippen LogP contribution in [0, 0.1) is 0 Å². The van der Waals surface area contributed by atoms with Gasteiger partial charge in [0, 0.05) is 0 Å². The molecule has 0 amide bonds. The zero-order valence-corrected chi connectivity index (χ0v) is 43.3. The van der Waals surface area contributed by atoms with E-state index in [0.717, 1.165) is 45.0 Å². The van der Waals surface area contributed by atoms with Crippen LogP contribution in [0.1, 0.15) is 0 Å². The normalized spacial score (nSPS) is 10.3. The first-order valence-electron chi connectivity index (χ1n) is 23.2. The summed E-state index contributed by atoms with van der Waals surface area (Å²) < 4.78 is 0. The van der Waals surface area contributed by atoms with E-state index in [1.807, 2.05) is 121 Å². The van der Waals surface area contributed by atoms with Crippen molar-refractivity contribution in [3.63, 3.8) is 0 Å². The minimum atomic E-state index is 0. The van der Waals surface area contributed by atoms with Gasteiger partial charge in [-0.2, -0.15) is 121 Å². The summed E-state index contributed by atoms with van der Waals surface area (Å²) in [5, 5.41) is 14.8. The molecule has 0 N–H and O–H groups in total. The van der Waals surface area contributed by atoms with Crippen LogP contribution >= 0.6 is 0 Å². The molecule has 0 atom stereocenters. The van der Waals surface area contributed by atoms with Gasteiger partial charge in [-0.3, -0.25) is 9.97 Å². The van der Waals surface area contributed by atoms with Gasteiger partial charge in [0.15, 0.2) is 0 Å². The standard InChI is InChI=1S/C46H26N2.4C5H5.4Fe/c1-2-13-27(12-1)39-26-36-37(45(47-39)29-16-5-6-17-29)25-35-32-21-10-9-20-31(32)24-38-42(35)41(36)33-22-11-23-34-40(33)43(38)46(30-18-7-8-19-30)48-44(34)28-14-3-4-15-28;4*1-2-4-5-3-1;;;;/h1-26H;4*1-5H;;;;/q-4;4*-1;4*+2. The van der Waals surface area contributed by atoms with E-state index < -0.39 is 0 Å². The number of fused-ring (bicyclic) bond motifs is 6. The zero-order valence-electron chi connectivity index (χ0n) is 38.9. The van der Waals surface area contributed by atoms with Gasteiger partial charge in [-0.05, 0) is 60.5 Å². The topological polar surface area (TPSA) is 25.8 Å². The summed E-state index contributed by atoms with van der Waals surface area (Å²) in [6.45, 7) is 0. The maximum atomic E-state index is 5.52. The van der Waals surface area contributed by atoms with Crippen molar-refractivity contribution < 1.29 is 68.3 Å². The molecule has 2 aromatic heterocycles. The Morgan fingerprint density at radius 2 is 0.653 bits per heavy atom. The smallest absolute Gasteiger partial charge is 0.287 e. The quantitative estimate of drug-likeness (QED) is 0.0760. The van der Waals surface area contributed by atoms with E-state index in [1.54, 1.807) is 0 Å². The van der Waals surface area contributed by atoms with Crippen LogP contribution in [-0.4, -0.2) is 9.97 Å². The number of hydrogen-bond donors (Lipinski definition) is 0. The number of hydrogen-bond acceptors (Lipinski definition) is 2. The zero-order chi connectivity index (χ0) is 45.5. The molecule has 0 aliphatic carbocycles. The molecular formula is C66H46Fe4N2. The van der Waals surface area contributed by atoms with Crippen LogP contribution in [0.25, 0.3) is 110 Å². The Bertz CT molecular complexity index is 3690. The first-order chi connectivity index (χ1) is 33.8. The van der Waals surface area contributed by atoms with Crippen molar-refractivity contribution in [3.8, 4) is 45.0 Å². The molecule has 352 valence electrons. The van der Waals surface area contributed by atoms with Crippen LogP contribution < -0.4 is 0 Å². The van der Waals surface area contributed by atoms with E-state index in [-0.39, 0.29) is 68.3 Å². The first-order valence-corrected chi connectivity index (χ1v) is 23.2. The minimum Gasteiger partial charge on any atom is -0.287 e. The average Bonchev–Trinajstić information content (AvgIpc) is 4.25. The molecule has 13 aromatic carbocycles. The van der Waals surface area contributed by atoms with Gasteiger partial charge < -0.3 is 0 Å². The summed E-state index contributed by atoms with van der Waals surface area (Å²) >= 11 is 0. The Hall–Kier alpha value is -6.90. The van der Waals surface area contributed by atoms with Gasteiger partial charge in [0.25, 0.3) is 0 Å². The van der Waals surface area contributed by atoms with Crippen molar-refractivity contribution in [2.45, 2.75) is 0 Å². The third-order valence-corrected chi connectivity index (χ3v) is 12.5. The van der Waals surface area contributed by atoms with Crippen LogP contribution in [-0.2, 0) is 68.3 Å². The van der Waals surface area contributed by atoms with E-state index in [9.17, 15) is 0 Å². The Kier molecular flexibility index (Phi) is 18.3. The summed E-state index contributed by atoms with van der Waals surface area (Å²) in [5.41, 5.74) is 8.61. The summed E-state index contributed by atoms with van der Waals surface area (Å²) in [4.78, 5) is 10.9. The summed E-state index contributed by atoms with van der Waals surface area (Å²) in [5.74, 6) is 0. The molecule has 15 rings (SSSR count). The fraction of sp³-hybridized carbons (Fsp3) is 0. The summed E-state index contributed by atoms with van der Waals surface area (Å²) in [7, 11) is 0. The molecular weight excluding hydrogens is 1040 g/mol. The molecule has 6 heteroatoms. The number of pyridine rings is 2.